The highest BCUT2D eigenvalue weighted by atomic mass is 35.5. The van der Waals surface area contributed by atoms with Gasteiger partial charge in [0.15, 0.2) is 0 Å². The predicted molar refractivity (Wildman–Crippen MR) is 93.7 cm³/mol. The third-order valence-corrected chi connectivity index (χ3v) is 4.43. The summed E-state index contributed by atoms with van der Waals surface area (Å²) < 4.78 is 13.7. The molecule has 4 nitrogen and oxygen atoms in total. The number of nitrogens with zero attached hydrogens (tertiary/aromatic N) is 1. The van der Waals surface area contributed by atoms with Crippen LogP contribution in [-0.4, -0.2) is 23.3 Å². The van der Waals surface area contributed by atoms with E-state index in [0.29, 0.717) is 19.5 Å². The second-order valence-electron chi connectivity index (χ2n) is 6.04. The largest absolute Gasteiger partial charge is 0.348 e. The zero-order chi connectivity index (χ0) is 17.8. The topological polar surface area (TPSA) is 49.4 Å². The van der Waals surface area contributed by atoms with E-state index < -0.39 is 11.7 Å². The van der Waals surface area contributed by atoms with E-state index in [9.17, 15) is 14.0 Å². The second-order valence-corrected chi connectivity index (χ2v) is 6.48. The van der Waals surface area contributed by atoms with Crippen molar-refractivity contribution in [3.05, 3.63) is 70.0 Å². The minimum Gasteiger partial charge on any atom is -0.348 e. The van der Waals surface area contributed by atoms with Crippen molar-refractivity contribution in [1.82, 2.24) is 10.2 Å². The maximum atomic E-state index is 13.7. The summed E-state index contributed by atoms with van der Waals surface area (Å²) in [7, 11) is 0. The SMILES string of the molecule is O=C(NCc1ccc(CN2CCCC2=O)cc1)c1ccc(Cl)cc1F. The third kappa shape index (κ3) is 4.37. The van der Waals surface area contributed by atoms with Crippen LogP contribution in [0.2, 0.25) is 5.02 Å². The lowest BCUT2D eigenvalue weighted by molar-refractivity contribution is -0.128. The second kappa shape index (κ2) is 7.66. The number of likely N-dealkylation sites (tertiary alicyclic amines) is 1. The lowest BCUT2D eigenvalue weighted by atomic mass is 10.1. The van der Waals surface area contributed by atoms with Crippen LogP contribution in [0.5, 0.6) is 0 Å². The normalized spacial score (nSPS) is 14.0. The first kappa shape index (κ1) is 17.4. The summed E-state index contributed by atoms with van der Waals surface area (Å²) in [6.45, 7) is 1.72. The third-order valence-electron chi connectivity index (χ3n) is 4.20. The summed E-state index contributed by atoms with van der Waals surface area (Å²) in [5.74, 6) is -0.933. The number of rotatable bonds is 5. The Balaban J connectivity index is 1.56. The molecule has 0 aromatic heterocycles. The summed E-state index contributed by atoms with van der Waals surface area (Å²) >= 11 is 5.68. The van der Waals surface area contributed by atoms with Gasteiger partial charge in [0.05, 0.1) is 5.56 Å². The maximum Gasteiger partial charge on any atom is 0.254 e. The van der Waals surface area contributed by atoms with Crippen molar-refractivity contribution < 1.29 is 14.0 Å². The number of halogens is 2. The van der Waals surface area contributed by atoms with Crippen molar-refractivity contribution in [1.29, 1.82) is 0 Å². The van der Waals surface area contributed by atoms with Crippen molar-refractivity contribution in [2.45, 2.75) is 25.9 Å². The molecule has 2 amide bonds. The molecule has 6 heteroatoms. The molecule has 0 saturated carbocycles. The van der Waals surface area contributed by atoms with Crippen LogP contribution in [0.25, 0.3) is 0 Å². The van der Waals surface area contributed by atoms with Gasteiger partial charge in [-0.3, -0.25) is 9.59 Å². The van der Waals surface area contributed by atoms with Crippen molar-refractivity contribution in [2.24, 2.45) is 0 Å². The van der Waals surface area contributed by atoms with Crippen molar-refractivity contribution in [2.75, 3.05) is 6.54 Å². The highest BCUT2D eigenvalue weighted by Crippen LogP contribution is 2.16. The summed E-state index contributed by atoms with van der Waals surface area (Å²) in [6, 6.07) is 11.6. The van der Waals surface area contributed by atoms with Crippen LogP contribution in [0.3, 0.4) is 0 Å². The highest BCUT2D eigenvalue weighted by Gasteiger charge is 2.19. The van der Waals surface area contributed by atoms with E-state index in [4.69, 9.17) is 11.6 Å². The van der Waals surface area contributed by atoms with Crippen LogP contribution in [0.15, 0.2) is 42.5 Å². The van der Waals surface area contributed by atoms with E-state index in [0.717, 1.165) is 30.2 Å². The fraction of sp³-hybridized carbons (Fsp3) is 0.263. The van der Waals surface area contributed by atoms with Crippen LogP contribution in [-0.2, 0) is 17.9 Å². The van der Waals surface area contributed by atoms with Gasteiger partial charge in [0, 0.05) is 31.1 Å². The number of hydrogen-bond acceptors (Lipinski definition) is 2. The van der Waals surface area contributed by atoms with E-state index in [1.54, 1.807) is 0 Å². The number of carbonyl (C=O) groups is 2. The van der Waals surface area contributed by atoms with Gasteiger partial charge in [-0.15, -0.1) is 0 Å². The number of amides is 2. The molecule has 1 aliphatic rings. The molecule has 2 aromatic carbocycles. The molecule has 1 N–H and O–H groups in total. The standard InChI is InChI=1S/C19H18ClFN2O2/c20-15-7-8-16(17(21)10-15)19(25)22-11-13-3-5-14(6-4-13)12-23-9-1-2-18(23)24/h3-8,10H,1-2,9,11-12H2,(H,22,25). The van der Waals surface area contributed by atoms with Gasteiger partial charge in [0.2, 0.25) is 5.91 Å². The molecular formula is C19H18ClFN2O2. The minimum absolute atomic E-state index is 0.0337. The smallest absolute Gasteiger partial charge is 0.254 e. The van der Waals surface area contributed by atoms with Gasteiger partial charge in [-0.2, -0.15) is 0 Å². The number of benzene rings is 2. The molecule has 1 heterocycles. The van der Waals surface area contributed by atoms with Crippen molar-refractivity contribution in [3.63, 3.8) is 0 Å². The zero-order valence-electron chi connectivity index (χ0n) is 13.6. The molecule has 0 atom stereocenters. The Morgan fingerprint density at radius 1 is 1.16 bits per heavy atom. The molecule has 0 radical (unpaired) electrons. The number of nitrogens with one attached hydrogen (secondary N) is 1. The molecule has 1 fully saturated rings. The Labute approximate surface area is 150 Å². The lowest BCUT2D eigenvalue weighted by Crippen LogP contribution is -2.24. The Morgan fingerprint density at radius 2 is 1.88 bits per heavy atom. The molecule has 25 heavy (non-hydrogen) atoms. The van der Waals surface area contributed by atoms with Gasteiger partial charge in [0.25, 0.3) is 5.91 Å². The molecular weight excluding hydrogens is 343 g/mol. The first-order chi connectivity index (χ1) is 12.0. The molecule has 130 valence electrons. The average Bonchev–Trinajstić information content (AvgIpc) is 2.99. The molecule has 0 spiro atoms. The maximum absolute atomic E-state index is 13.7. The quantitative estimate of drug-likeness (QED) is 0.886. The Hall–Kier alpha value is -2.40. The van der Waals surface area contributed by atoms with Gasteiger partial charge in [0.1, 0.15) is 5.82 Å². The van der Waals surface area contributed by atoms with Gasteiger partial charge in [-0.1, -0.05) is 35.9 Å². The average molecular weight is 361 g/mol. The molecule has 0 bridgehead atoms. The van der Waals surface area contributed by atoms with Crippen LogP contribution in [0.1, 0.15) is 34.3 Å². The Bertz CT molecular complexity index is 793. The van der Waals surface area contributed by atoms with Gasteiger partial charge in [-0.25, -0.2) is 4.39 Å². The van der Waals surface area contributed by atoms with Crippen LogP contribution < -0.4 is 5.32 Å². The van der Waals surface area contributed by atoms with Crippen molar-refractivity contribution >= 4 is 23.4 Å². The van der Waals surface area contributed by atoms with E-state index in [-0.39, 0.29) is 16.5 Å². The monoisotopic (exact) mass is 360 g/mol. The fourth-order valence-electron chi connectivity index (χ4n) is 2.81. The lowest BCUT2D eigenvalue weighted by Gasteiger charge is -2.15. The summed E-state index contributed by atoms with van der Waals surface area (Å²) in [5.41, 5.74) is 1.92. The molecule has 1 saturated heterocycles. The van der Waals surface area contributed by atoms with Gasteiger partial charge in [-0.05, 0) is 35.7 Å². The molecule has 3 rings (SSSR count). The molecule has 0 aliphatic carbocycles. The summed E-state index contributed by atoms with van der Waals surface area (Å²) in [6.07, 6.45) is 1.55. The van der Waals surface area contributed by atoms with E-state index in [1.165, 1.54) is 12.1 Å². The van der Waals surface area contributed by atoms with Gasteiger partial charge < -0.3 is 10.2 Å². The zero-order valence-corrected chi connectivity index (χ0v) is 14.4. The summed E-state index contributed by atoms with van der Waals surface area (Å²) in [4.78, 5) is 25.5. The first-order valence-corrected chi connectivity index (χ1v) is 8.49. The fourth-order valence-corrected chi connectivity index (χ4v) is 2.96. The van der Waals surface area contributed by atoms with Crippen LogP contribution in [0.4, 0.5) is 4.39 Å². The minimum atomic E-state index is -0.643. The molecule has 2 aromatic rings. The summed E-state index contributed by atoms with van der Waals surface area (Å²) in [5, 5.41) is 2.94. The van der Waals surface area contributed by atoms with Crippen LogP contribution in [0, 0.1) is 5.82 Å². The van der Waals surface area contributed by atoms with Gasteiger partial charge >= 0.3 is 0 Å². The number of carbonyl (C=O) groups excluding carboxylic acids is 2. The predicted octanol–water partition coefficient (Wildman–Crippen LogP) is 3.53. The number of hydrogen-bond donors (Lipinski definition) is 1. The molecule has 1 aliphatic heterocycles. The van der Waals surface area contributed by atoms with E-state index in [1.807, 2.05) is 29.2 Å². The van der Waals surface area contributed by atoms with E-state index in [2.05, 4.69) is 5.32 Å². The van der Waals surface area contributed by atoms with Crippen LogP contribution >= 0.6 is 11.6 Å². The Morgan fingerprint density at radius 3 is 2.52 bits per heavy atom. The van der Waals surface area contributed by atoms with Crippen molar-refractivity contribution in [3.8, 4) is 0 Å². The van der Waals surface area contributed by atoms with E-state index >= 15 is 0 Å². The first-order valence-electron chi connectivity index (χ1n) is 8.12. The Kier molecular flexibility index (Phi) is 5.34. The molecule has 0 unspecified atom stereocenters. The highest BCUT2D eigenvalue weighted by molar-refractivity contribution is 6.30.